The molecule has 0 saturated heterocycles. The molecule has 0 aliphatic carbocycles. The Labute approximate surface area is 212 Å². The number of hydrogen-bond acceptors (Lipinski definition) is 1. The summed E-state index contributed by atoms with van der Waals surface area (Å²) >= 11 is 0. The molecule has 3 rings (SSSR count). The van der Waals surface area contributed by atoms with Crippen molar-refractivity contribution in [2.45, 2.75) is 89.4 Å². The maximum atomic E-state index is 11.3. The van der Waals surface area contributed by atoms with Gasteiger partial charge in [0.1, 0.15) is 0 Å². The molecule has 0 aliphatic heterocycles. The standard InChI is InChI=1S/C33H42O2/c1-3-13-27(29-16-9-6-10-17-29)19-12-21-30(31-22-24-32(25-23-31)33(34)35)20-11-18-26(4-2)28-14-7-5-8-15-28/h5-10,14-17,22-27,30H,3-4,11-13,18-21H2,1-2H3,(H,34,35). The van der Waals surface area contributed by atoms with Crippen LogP contribution in [-0.4, -0.2) is 11.1 Å². The summed E-state index contributed by atoms with van der Waals surface area (Å²) in [6.45, 7) is 4.57. The molecule has 3 aromatic rings. The molecule has 0 heterocycles. The van der Waals surface area contributed by atoms with Gasteiger partial charge < -0.3 is 5.11 Å². The van der Waals surface area contributed by atoms with E-state index in [1.807, 2.05) is 12.1 Å². The smallest absolute Gasteiger partial charge is 0.335 e. The van der Waals surface area contributed by atoms with Gasteiger partial charge in [-0.2, -0.15) is 0 Å². The Balaban J connectivity index is 1.64. The molecule has 3 atom stereocenters. The van der Waals surface area contributed by atoms with Crippen molar-refractivity contribution in [3.05, 3.63) is 107 Å². The van der Waals surface area contributed by atoms with Gasteiger partial charge in [0.25, 0.3) is 0 Å². The molecule has 0 fully saturated rings. The monoisotopic (exact) mass is 470 g/mol. The van der Waals surface area contributed by atoms with Crippen molar-refractivity contribution < 1.29 is 9.90 Å². The number of hydrogen-bond donors (Lipinski definition) is 1. The van der Waals surface area contributed by atoms with E-state index in [9.17, 15) is 9.90 Å². The zero-order valence-electron chi connectivity index (χ0n) is 21.5. The van der Waals surface area contributed by atoms with Crippen molar-refractivity contribution in [2.75, 3.05) is 0 Å². The maximum Gasteiger partial charge on any atom is 0.335 e. The third-order valence-electron chi connectivity index (χ3n) is 7.51. The first-order valence-corrected chi connectivity index (χ1v) is 13.6. The second kappa shape index (κ2) is 14.5. The number of carboxylic acids is 1. The van der Waals surface area contributed by atoms with Crippen LogP contribution in [0.25, 0.3) is 0 Å². The molecule has 2 heteroatoms. The number of rotatable bonds is 15. The first-order chi connectivity index (χ1) is 17.1. The summed E-state index contributed by atoms with van der Waals surface area (Å²) in [5, 5.41) is 9.31. The van der Waals surface area contributed by atoms with Crippen LogP contribution in [0.3, 0.4) is 0 Å². The van der Waals surface area contributed by atoms with Crippen LogP contribution in [-0.2, 0) is 0 Å². The minimum absolute atomic E-state index is 0.370. The van der Waals surface area contributed by atoms with Crippen molar-refractivity contribution in [3.63, 3.8) is 0 Å². The molecule has 186 valence electrons. The number of aromatic carboxylic acids is 1. The average Bonchev–Trinajstić information content (AvgIpc) is 2.90. The van der Waals surface area contributed by atoms with Crippen molar-refractivity contribution in [3.8, 4) is 0 Å². The molecule has 0 aromatic heterocycles. The lowest BCUT2D eigenvalue weighted by Crippen LogP contribution is -2.05. The highest BCUT2D eigenvalue weighted by molar-refractivity contribution is 5.87. The molecule has 3 aromatic carbocycles. The van der Waals surface area contributed by atoms with Crippen molar-refractivity contribution in [2.24, 2.45) is 0 Å². The number of carboxylic acid groups (broad SMARTS) is 1. The molecule has 1 N–H and O–H groups in total. The lowest BCUT2D eigenvalue weighted by Gasteiger charge is -2.22. The summed E-state index contributed by atoms with van der Waals surface area (Å²) in [6, 6.07) is 29.5. The van der Waals surface area contributed by atoms with E-state index < -0.39 is 5.97 Å². The minimum Gasteiger partial charge on any atom is -0.478 e. The summed E-state index contributed by atoms with van der Waals surface area (Å²) in [7, 11) is 0. The van der Waals surface area contributed by atoms with Gasteiger partial charge in [-0.1, -0.05) is 106 Å². The first-order valence-electron chi connectivity index (χ1n) is 13.6. The summed E-state index contributed by atoms with van der Waals surface area (Å²) in [5.41, 5.74) is 4.57. The molecule has 0 spiro atoms. The zero-order valence-corrected chi connectivity index (χ0v) is 21.5. The summed E-state index contributed by atoms with van der Waals surface area (Å²) in [6.07, 6.45) is 10.7. The Kier molecular flexibility index (Phi) is 11.1. The fraction of sp³-hybridized carbons (Fsp3) is 0.424. The summed E-state index contributed by atoms with van der Waals surface area (Å²) < 4.78 is 0. The van der Waals surface area contributed by atoms with Crippen LogP contribution >= 0.6 is 0 Å². The number of carbonyl (C=O) groups is 1. The van der Waals surface area contributed by atoms with Gasteiger partial charge >= 0.3 is 5.97 Å². The lowest BCUT2D eigenvalue weighted by molar-refractivity contribution is 0.0697. The van der Waals surface area contributed by atoms with Gasteiger partial charge in [-0.25, -0.2) is 4.79 Å². The van der Waals surface area contributed by atoms with Crippen LogP contribution in [0, 0.1) is 0 Å². The van der Waals surface area contributed by atoms with Gasteiger partial charge in [-0.3, -0.25) is 0 Å². The topological polar surface area (TPSA) is 37.3 Å². The maximum absolute atomic E-state index is 11.3. The van der Waals surface area contributed by atoms with Crippen LogP contribution < -0.4 is 0 Å². The normalized spacial score (nSPS) is 13.8. The van der Waals surface area contributed by atoms with E-state index in [1.165, 1.54) is 55.2 Å². The average molecular weight is 471 g/mol. The third kappa shape index (κ3) is 8.38. The van der Waals surface area contributed by atoms with Gasteiger partial charge in [0.15, 0.2) is 0 Å². The van der Waals surface area contributed by atoms with Gasteiger partial charge in [0.2, 0.25) is 0 Å². The Morgan fingerprint density at radius 1 is 0.600 bits per heavy atom. The molecule has 0 radical (unpaired) electrons. The van der Waals surface area contributed by atoms with E-state index in [1.54, 1.807) is 12.1 Å². The van der Waals surface area contributed by atoms with Crippen LogP contribution in [0.2, 0.25) is 0 Å². The second-order valence-corrected chi connectivity index (χ2v) is 9.90. The quantitative estimate of drug-likeness (QED) is 0.240. The highest BCUT2D eigenvalue weighted by Gasteiger charge is 2.17. The molecule has 0 saturated carbocycles. The SMILES string of the molecule is CCCC(CCCC(CCCC(CC)c1ccccc1)c1ccc(C(=O)O)cc1)c1ccccc1. The lowest BCUT2D eigenvalue weighted by atomic mass is 9.83. The Hall–Kier alpha value is -2.87. The largest absolute Gasteiger partial charge is 0.478 e. The fourth-order valence-corrected chi connectivity index (χ4v) is 5.48. The van der Waals surface area contributed by atoms with Crippen LogP contribution in [0.4, 0.5) is 0 Å². The molecule has 35 heavy (non-hydrogen) atoms. The molecule has 0 amide bonds. The predicted molar refractivity (Wildman–Crippen MR) is 147 cm³/mol. The van der Waals surface area contributed by atoms with Gasteiger partial charge in [0, 0.05) is 0 Å². The van der Waals surface area contributed by atoms with Gasteiger partial charge in [-0.15, -0.1) is 0 Å². The van der Waals surface area contributed by atoms with E-state index in [0.717, 1.165) is 19.3 Å². The minimum atomic E-state index is -0.855. The molecule has 2 nitrogen and oxygen atoms in total. The van der Waals surface area contributed by atoms with E-state index in [0.29, 0.717) is 23.3 Å². The van der Waals surface area contributed by atoms with E-state index in [-0.39, 0.29) is 0 Å². The Morgan fingerprint density at radius 3 is 1.49 bits per heavy atom. The first kappa shape index (κ1) is 26.7. The molecule has 0 aliphatic rings. The van der Waals surface area contributed by atoms with E-state index in [4.69, 9.17) is 0 Å². The predicted octanol–water partition coefficient (Wildman–Crippen LogP) is 9.59. The highest BCUT2D eigenvalue weighted by Crippen LogP contribution is 2.34. The third-order valence-corrected chi connectivity index (χ3v) is 7.51. The van der Waals surface area contributed by atoms with Crippen LogP contribution in [0.15, 0.2) is 84.9 Å². The Morgan fingerprint density at radius 2 is 1.03 bits per heavy atom. The summed E-state index contributed by atoms with van der Waals surface area (Å²) in [4.78, 5) is 11.3. The fourth-order valence-electron chi connectivity index (χ4n) is 5.48. The zero-order chi connectivity index (χ0) is 24.9. The number of benzene rings is 3. The van der Waals surface area contributed by atoms with E-state index in [2.05, 4.69) is 74.5 Å². The molecular weight excluding hydrogens is 428 g/mol. The van der Waals surface area contributed by atoms with Gasteiger partial charge in [-0.05, 0) is 85.1 Å². The van der Waals surface area contributed by atoms with Crippen LogP contribution in [0.1, 0.15) is 116 Å². The van der Waals surface area contributed by atoms with E-state index >= 15 is 0 Å². The summed E-state index contributed by atoms with van der Waals surface area (Å²) in [5.74, 6) is 0.855. The molecule has 0 bridgehead atoms. The molecule has 3 unspecified atom stereocenters. The van der Waals surface area contributed by atoms with Crippen molar-refractivity contribution in [1.29, 1.82) is 0 Å². The van der Waals surface area contributed by atoms with Crippen LogP contribution in [0.5, 0.6) is 0 Å². The van der Waals surface area contributed by atoms with Gasteiger partial charge in [0.05, 0.1) is 5.56 Å². The van der Waals surface area contributed by atoms with Crippen molar-refractivity contribution in [1.82, 2.24) is 0 Å². The highest BCUT2D eigenvalue weighted by atomic mass is 16.4. The second-order valence-electron chi connectivity index (χ2n) is 9.90. The molecular formula is C33H42O2. The van der Waals surface area contributed by atoms with Crippen molar-refractivity contribution >= 4 is 5.97 Å². The Bertz CT molecular complexity index is 979.